The molecule has 17 heavy (non-hydrogen) atoms. The lowest BCUT2D eigenvalue weighted by Gasteiger charge is -2.19. The molecule has 1 N–H and O–H groups in total. The van der Waals surface area contributed by atoms with E-state index in [9.17, 15) is 14.9 Å². The van der Waals surface area contributed by atoms with Crippen LogP contribution in [0.1, 0.15) is 6.42 Å². The number of benzene rings is 1. The van der Waals surface area contributed by atoms with Crippen LogP contribution in [0.5, 0.6) is 0 Å². The fourth-order valence-electron chi connectivity index (χ4n) is 1.30. The first kappa shape index (κ1) is 13.4. The molecule has 0 saturated carbocycles. The number of hydrogen-bond donors (Lipinski definition) is 1. The van der Waals surface area contributed by atoms with E-state index in [-0.39, 0.29) is 12.1 Å². The van der Waals surface area contributed by atoms with Crippen molar-refractivity contribution in [1.82, 2.24) is 0 Å². The molecule has 0 radical (unpaired) electrons. The van der Waals surface area contributed by atoms with Gasteiger partial charge in [-0.15, -0.1) is 0 Å². The van der Waals surface area contributed by atoms with Gasteiger partial charge in [0.2, 0.25) is 0 Å². The van der Waals surface area contributed by atoms with Gasteiger partial charge in [-0.3, -0.25) is 14.9 Å². The van der Waals surface area contributed by atoms with Crippen molar-refractivity contribution in [2.75, 3.05) is 18.5 Å². The third kappa shape index (κ3) is 3.70. The molecule has 0 aliphatic rings. The largest absolute Gasteiger partial charge is 0.481 e. The van der Waals surface area contributed by atoms with Gasteiger partial charge in [0.25, 0.3) is 5.69 Å². The van der Waals surface area contributed by atoms with Gasteiger partial charge in [0.1, 0.15) is 0 Å². The van der Waals surface area contributed by atoms with Gasteiger partial charge in [0.05, 0.1) is 17.0 Å². The summed E-state index contributed by atoms with van der Waals surface area (Å²) in [6.07, 6.45) is 0.0138. The highest BCUT2D eigenvalue weighted by molar-refractivity contribution is 9.10. The molecule has 0 fully saturated rings. The third-order valence-electron chi connectivity index (χ3n) is 2.21. The second-order valence-electron chi connectivity index (χ2n) is 3.46. The Bertz CT molecular complexity index is 450. The number of non-ortho nitro benzene ring substituents is 1. The lowest BCUT2D eigenvalue weighted by molar-refractivity contribution is -0.384. The number of halogens is 1. The number of nitro groups is 1. The van der Waals surface area contributed by atoms with Crippen LogP contribution in [-0.4, -0.2) is 29.6 Å². The molecule has 0 aliphatic carbocycles. The molecule has 1 aromatic carbocycles. The topological polar surface area (TPSA) is 83.7 Å². The zero-order valence-electron chi connectivity index (χ0n) is 9.09. The number of carboxylic acid groups (broad SMARTS) is 1. The molecule has 7 heteroatoms. The molecule has 0 bridgehead atoms. The highest BCUT2D eigenvalue weighted by Gasteiger charge is 2.12. The number of carbonyl (C=O) groups is 1. The van der Waals surface area contributed by atoms with Gasteiger partial charge in [-0.1, -0.05) is 0 Å². The number of rotatable bonds is 5. The zero-order chi connectivity index (χ0) is 13.0. The maximum absolute atomic E-state index is 10.5. The Balaban J connectivity index is 2.84. The number of carboxylic acids is 1. The van der Waals surface area contributed by atoms with Crippen LogP contribution in [0, 0.1) is 10.1 Å². The number of nitrogens with zero attached hydrogens (tertiary/aromatic N) is 2. The van der Waals surface area contributed by atoms with E-state index in [2.05, 4.69) is 15.9 Å². The minimum atomic E-state index is -0.880. The SMILES string of the molecule is CN(CCC(=O)O)c1ccc([N+](=O)[O-])cc1Br. The van der Waals surface area contributed by atoms with Gasteiger partial charge in [0, 0.05) is 30.2 Å². The maximum atomic E-state index is 10.5. The Morgan fingerprint density at radius 3 is 2.71 bits per heavy atom. The van der Waals surface area contributed by atoms with Crippen LogP contribution in [0.3, 0.4) is 0 Å². The quantitative estimate of drug-likeness (QED) is 0.666. The monoisotopic (exact) mass is 302 g/mol. The molecule has 92 valence electrons. The lowest BCUT2D eigenvalue weighted by atomic mass is 10.2. The summed E-state index contributed by atoms with van der Waals surface area (Å²) >= 11 is 3.23. The van der Waals surface area contributed by atoms with Gasteiger partial charge in [-0.2, -0.15) is 0 Å². The summed E-state index contributed by atoms with van der Waals surface area (Å²) in [6.45, 7) is 0.339. The van der Waals surface area contributed by atoms with Crippen LogP contribution in [0.15, 0.2) is 22.7 Å². The molecule has 0 unspecified atom stereocenters. The Kier molecular flexibility index (Phi) is 4.45. The molecule has 0 amide bonds. The fraction of sp³-hybridized carbons (Fsp3) is 0.300. The number of hydrogen-bond acceptors (Lipinski definition) is 4. The minimum absolute atomic E-state index is 0.00717. The van der Waals surface area contributed by atoms with Crippen molar-refractivity contribution in [3.8, 4) is 0 Å². The predicted molar refractivity (Wildman–Crippen MR) is 66.3 cm³/mol. The van der Waals surface area contributed by atoms with Crippen LogP contribution >= 0.6 is 15.9 Å². The lowest BCUT2D eigenvalue weighted by Crippen LogP contribution is -2.21. The highest BCUT2D eigenvalue weighted by atomic mass is 79.9. The number of anilines is 1. The summed E-state index contributed by atoms with van der Waals surface area (Å²) in [4.78, 5) is 22.2. The first-order valence-electron chi connectivity index (χ1n) is 4.78. The van der Waals surface area contributed by atoms with Crippen LogP contribution < -0.4 is 4.90 Å². The molecule has 1 aromatic rings. The van der Waals surface area contributed by atoms with Crippen molar-refractivity contribution in [2.24, 2.45) is 0 Å². The van der Waals surface area contributed by atoms with Crippen molar-refractivity contribution in [3.63, 3.8) is 0 Å². The minimum Gasteiger partial charge on any atom is -0.481 e. The molecule has 0 spiro atoms. The second-order valence-corrected chi connectivity index (χ2v) is 4.31. The van der Waals surface area contributed by atoms with Gasteiger partial charge < -0.3 is 10.0 Å². The van der Waals surface area contributed by atoms with E-state index in [1.54, 1.807) is 18.0 Å². The summed E-state index contributed by atoms with van der Waals surface area (Å²) in [6, 6.07) is 4.37. The Morgan fingerprint density at radius 2 is 2.24 bits per heavy atom. The smallest absolute Gasteiger partial charge is 0.305 e. The predicted octanol–water partition coefficient (Wildman–Crippen LogP) is 2.27. The molecule has 0 aliphatic heterocycles. The average Bonchev–Trinajstić information content (AvgIpc) is 2.25. The highest BCUT2D eigenvalue weighted by Crippen LogP contribution is 2.29. The molecule has 6 nitrogen and oxygen atoms in total. The summed E-state index contributed by atoms with van der Waals surface area (Å²) in [5, 5.41) is 19.1. The zero-order valence-corrected chi connectivity index (χ0v) is 10.7. The summed E-state index contributed by atoms with van der Waals surface area (Å²) in [5.41, 5.74) is 0.712. The van der Waals surface area contributed by atoms with E-state index in [0.717, 1.165) is 5.69 Å². The maximum Gasteiger partial charge on any atom is 0.305 e. The van der Waals surface area contributed by atoms with Crippen LogP contribution in [0.25, 0.3) is 0 Å². The van der Waals surface area contributed by atoms with Crippen molar-refractivity contribution in [2.45, 2.75) is 6.42 Å². The molecule has 1 rings (SSSR count). The van der Waals surface area contributed by atoms with E-state index in [0.29, 0.717) is 11.0 Å². The molecular weight excluding hydrogens is 292 g/mol. The van der Waals surface area contributed by atoms with Gasteiger partial charge >= 0.3 is 5.97 Å². The van der Waals surface area contributed by atoms with Gasteiger partial charge in [-0.05, 0) is 22.0 Å². The van der Waals surface area contributed by atoms with Crippen LogP contribution in [0.2, 0.25) is 0 Å². The van der Waals surface area contributed by atoms with Crippen LogP contribution in [-0.2, 0) is 4.79 Å². The van der Waals surface area contributed by atoms with E-state index in [1.165, 1.54) is 12.1 Å². The number of nitro benzene ring substituents is 1. The Morgan fingerprint density at radius 1 is 1.59 bits per heavy atom. The molecule has 0 aromatic heterocycles. The molecule has 0 saturated heterocycles. The fourth-order valence-corrected chi connectivity index (χ4v) is 1.97. The second kappa shape index (κ2) is 5.62. The molecule has 0 atom stereocenters. The van der Waals surface area contributed by atoms with Gasteiger partial charge in [0.15, 0.2) is 0 Å². The van der Waals surface area contributed by atoms with Crippen LogP contribution in [0.4, 0.5) is 11.4 Å². The first-order chi connectivity index (χ1) is 7.91. The first-order valence-corrected chi connectivity index (χ1v) is 5.58. The van der Waals surface area contributed by atoms with E-state index in [1.807, 2.05) is 0 Å². The van der Waals surface area contributed by atoms with Crippen molar-refractivity contribution in [1.29, 1.82) is 0 Å². The number of aliphatic carboxylic acids is 1. The van der Waals surface area contributed by atoms with Crippen molar-refractivity contribution in [3.05, 3.63) is 32.8 Å². The van der Waals surface area contributed by atoms with Crippen molar-refractivity contribution >= 4 is 33.3 Å². The van der Waals surface area contributed by atoms with E-state index in [4.69, 9.17) is 5.11 Å². The third-order valence-corrected chi connectivity index (χ3v) is 2.85. The standard InChI is InChI=1S/C10H11BrN2O4/c1-12(5-4-10(14)15)9-3-2-7(13(16)17)6-8(9)11/h2-3,6H,4-5H2,1H3,(H,14,15). The van der Waals surface area contributed by atoms with E-state index < -0.39 is 10.9 Å². The summed E-state index contributed by atoms with van der Waals surface area (Å²) in [7, 11) is 1.73. The molecular formula is C10H11BrN2O4. The molecule has 0 heterocycles. The van der Waals surface area contributed by atoms with Crippen molar-refractivity contribution < 1.29 is 14.8 Å². The van der Waals surface area contributed by atoms with Gasteiger partial charge in [-0.25, -0.2) is 0 Å². The van der Waals surface area contributed by atoms with E-state index >= 15 is 0 Å². The average molecular weight is 303 g/mol. The Hall–Kier alpha value is -1.63. The summed E-state index contributed by atoms with van der Waals surface area (Å²) in [5.74, 6) is -0.880. The normalized spacial score (nSPS) is 10.0. The summed E-state index contributed by atoms with van der Waals surface area (Å²) < 4.78 is 0.569. The Labute approximate surface area is 106 Å².